The average molecular weight is 294 g/mol. The number of benzene rings is 2. The Bertz CT molecular complexity index is 661. The molecule has 0 unspecified atom stereocenters. The monoisotopic (exact) mass is 294 g/mol. The summed E-state index contributed by atoms with van der Waals surface area (Å²) >= 11 is 0. The van der Waals surface area contributed by atoms with E-state index < -0.39 is 0 Å². The lowest BCUT2D eigenvalue weighted by molar-refractivity contribution is 0.0921. The first-order valence-corrected chi connectivity index (χ1v) is 7.73. The molecule has 0 bridgehead atoms. The molecule has 0 N–H and O–H groups in total. The van der Waals surface area contributed by atoms with E-state index in [2.05, 4.69) is 29.2 Å². The van der Waals surface area contributed by atoms with Gasteiger partial charge in [-0.3, -0.25) is 9.69 Å². The molecule has 114 valence electrons. The van der Waals surface area contributed by atoms with Crippen molar-refractivity contribution in [1.29, 1.82) is 0 Å². The Kier molecular flexibility index (Phi) is 4.25. The normalized spacial score (nSPS) is 14.5. The van der Waals surface area contributed by atoms with Crippen LogP contribution in [0.1, 0.15) is 21.5 Å². The second-order valence-electron chi connectivity index (χ2n) is 6.09. The molecule has 0 aromatic heterocycles. The highest BCUT2D eigenvalue weighted by Gasteiger charge is 2.18. The minimum Gasteiger partial charge on any atom is -0.378 e. The first kappa shape index (κ1) is 14.8. The topological polar surface area (TPSA) is 23.6 Å². The van der Waals surface area contributed by atoms with Crippen LogP contribution in [0.2, 0.25) is 0 Å². The summed E-state index contributed by atoms with van der Waals surface area (Å²) in [5.41, 5.74) is 4.68. The summed E-state index contributed by atoms with van der Waals surface area (Å²) in [5, 5.41) is 0. The van der Waals surface area contributed by atoms with E-state index in [0.29, 0.717) is 6.54 Å². The number of ketones is 1. The molecule has 3 heteroatoms. The maximum absolute atomic E-state index is 12.5. The van der Waals surface area contributed by atoms with Crippen molar-refractivity contribution >= 4 is 11.5 Å². The van der Waals surface area contributed by atoms with Crippen molar-refractivity contribution in [2.75, 3.05) is 32.1 Å². The predicted molar refractivity (Wildman–Crippen MR) is 90.5 cm³/mol. The second-order valence-corrected chi connectivity index (χ2v) is 6.09. The highest BCUT2D eigenvalue weighted by molar-refractivity contribution is 5.97. The fourth-order valence-corrected chi connectivity index (χ4v) is 2.93. The van der Waals surface area contributed by atoms with Crippen molar-refractivity contribution in [2.24, 2.45) is 0 Å². The van der Waals surface area contributed by atoms with Crippen LogP contribution in [0.5, 0.6) is 0 Å². The molecule has 0 amide bonds. The number of hydrogen-bond donors (Lipinski definition) is 0. The summed E-state index contributed by atoms with van der Waals surface area (Å²) in [6.45, 7) is 2.33. The van der Waals surface area contributed by atoms with Gasteiger partial charge in [-0.15, -0.1) is 0 Å². The number of Topliss-reactive ketones (excluding diaryl/α,β-unsaturated/α-hetero) is 1. The molecular formula is C19H22N2O. The van der Waals surface area contributed by atoms with Gasteiger partial charge in [0.15, 0.2) is 5.78 Å². The summed E-state index contributed by atoms with van der Waals surface area (Å²) in [4.78, 5) is 16.7. The van der Waals surface area contributed by atoms with Gasteiger partial charge in [0.1, 0.15) is 0 Å². The fraction of sp³-hybridized carbons (Fsp3) is 0.316. The maximum Gasteiger partial charge on any atom is 0.176 e. The Morgan fingerprint density at radius 3 is 2.41 bits per heavy atom. The van der Waals surface area contributed by atoms with Gasteiger partial charge in [-0.25, -0.2) is 0 Å². The quantitative estimate of drug-likeness (QED) is 0.810. The van der Waals surface area contributed by atoms with Gasteiger partial charge >= 0.3 is 0 Å². The molecule has 0 spiro atoms. The Morgan fingerprint density at radius 2 is 1.73 bits per heavy atom. The third kappa shape index (κ3) is 3.20. The molecule has 2 aromatic rings. The highest BCUT2D eigenvalue weighted by Crippen LogP contribution is 2.19. The van der Waals surface area contributed by atoms with E-state index >= 15 is 0 Å². The van der Waals surface area contributed by atoms with Crippen molar-refractivity contribution in [2.45, 2.75) is 13.0 Å². The number of anilines is 1. The Hall–Kier alpha value is -2.13. The van der Waals surface area contributed by atoms with Gasteiger partial charge in [0.05, 0.1) is 6.54 Å². The Balaban J connectivity index is 1.65. The van der Waals surface area contributed by atoms with Crippen LogP contribution < -0.4 is 4.90 Å². The molecular weight excluding hydrogens is 272 g/mol. The lowest BCUT2D eigenvalue weighted by atomic mass is 9.99. The van der Waals surface area contributed by atoms with Crippen LogP contribution in [0.3, 0.4) is 0 Å². The van der Waals surface area contributed by atoms with Crippen LogP contribution in [0.15, 0.2) is 48.5 Å². The van der Waals surface area contributed by atoms with E-state index in [0.717, 1.165) is 30.8 Å². The summed E-state index contributed by atoms with van der Waals surface area (Å²) in [6, 6.07) is 16.4. The third-order valence-electron chi connectivity index (χ3n) is 4.28. The molecule has 3 rings (SSSR count). The van der Waals surface area contributed by atoms with Gasteiger partial charge in [-0.05, 0) is 41.8 Å². The molecule has 0 fully saturated rings. The van der Waals surface area contributed by atoms with Gasteiger partial charge in [0, 0.05) is 38.4 Å². The van der Waals surface area contributed by atoms with Crippen LogP contribution in [0.4, 0.5) is 5.69 Å². The highest BCUT2D eigenvalue weighted by atomic mass is 16.1. The molecule has 0 aliphatic carbocycles. The van der Waals surface area contributed by atoms with E-state index in [4.69, 9.17) is 0 Å². The van der Waals surface area contributed by atoms with Crippen molar-refractivity contribution in [3.63, 3.8) is 0 Å². The summed E-state index contributed by atoms with van der Waals surface area (Å²) < 4.78 is 0. The van der Waals surface area contributed by atoms with Crippen molar-refractivity contribution in [3.8, 4) is 0 Å². The lowest BCUT2D eigenvalue weighted by Gasteiger charge is -2.28. The van der Waals surface area contributed by atoms with Crippen LogP contribution in [0.25, 0.3) is 0 Å². The maximum atomic E-state index is 12.5. The first-order valence-electron chi connectivity index (χ1n) is 7.73. The molecule has 0 saturated carbocycles. The number of carbonyl (C=O) groups is 1. The van der Waals surface area contributed by atoms with E-state index in [1.165, 1.54) is 11.1 Å². The molecule has 1 heterocycles. The Labute approximate surface area is 132 Å². The number of carbonyl (C=O) groups excluding carboxylic acids is 1. The van der Waals surface area contributed by atoms with Crippen LogP contribution >= 0.6 is 0 Å². The molecule has 0 saturated heterocycles. The minimum atomic E-state index is 0.199. The van der Waals surface area contributed by atoms with E-state index in [9.17, 15) is 4.79 Å². The largest absolute Gasteiger partial charge is 0.378 e. The van der Waals surface area contributed by atoms with Crippen molar-refractivity contribution in [1.82, 2.24) is 4.90 Å². The predicted octanol–water partition coefficient (Wildman–Crippen LogP) is 2.99. The van der Waals surface area contributed by atoms with E-state index in [-0.39, 0.29) is 5.78 Å². The first-order chi connectivity index (χ1) is 10.6. The van der Waals surface area contributed by atoms with Crippen LogP contribution in [-0.2, 0) is 13.0 Å². The summed E-state index contributed by atoms with van der Waals surface area (Å²) in [5.74, 6) is 0.199. The standard InChI is InChI=1S/C19H22N2O/c1-20(2)18-9-7-16(8-10-18)19(22)14-21-12-11-15-5-3-4-6-17(15)13-21/h3-10H,11-14H2,1-2H3. The molecule has 0 atom stereocenters. The molecule has 2 aromatic carbocycles. The van der Waals surface area contributed by atoms with Gasteiger partial charge in [-0.1, -0.05) is 24.3 Å². The average Bonchev–Trinajstić information content (AvgIpc) is 2.55. The van der Waals surface area contributed by atoms with Crippen LogP contribution in [0, 0.1) is 0 Å². The smallest absolute Gasteiger partial charge is 0.176 e. The summed E-state index contributed by atoms with van der Waals surface area (Å²) in [6.07, 6.45) is 1.03. The zero-order valence-electron chi connectivity index (χ0n) is 13.2. The number of nitrogens with zero attached hydrogens (tertiary/aromatic N) is 2. The molecule has 1 aliphatic rings. The Morgan fingerprint density at radius 1 is 1.05 bits per heavy atom. The molecule has 1 aliphatic heterocycles. The molecule has 22 heavy (non-hydrogen) atoms. The zero-order valence-corrected chi connectivity index (χ0v) is 13.2. The molecule has 0 radical (unpaired) electrons. The van der Waals surface area contributed by atoms with Gasteiger partial charge in [0.25, 0.3) is 0 Å². The molecule has 3 nitrogen and oxygen atoms in total. The van der Waals surface area contributed by atoms with E-state index in [1.807, 2.05) is 43.3 Å². The van der Waals surface area contributed by atoms with Gasteiger partial charge in [0.2, 0.25) is 0 Å². The van der Waals surface area contributed by atoms with Crippen molar-refractivity contribution < 1.29 is 4.79 Å². The number of hydrogen-bond acceptors (Lipinski definition) is 3. The van der Waals surface area contributed by atoms with Gasteiger partial charge < -0.3 is 4.90 Å². The number of rotatable bonds is 4. The SMILES string of the molecule is CN(C)c1ccc(C(=O)CN2CCc3ccccc3C2)cc1. The third-order valence-corrected chi connectivity index (χ3v) is 4.28. The minimum absolute atomic E-state index is 0.199. The zero-order chi connectivity index (χ0) is 15.5. The summed E-state index contributed by atoms with van der Waals surface area (Å²) in [7, 11) is 4.00. The lowest BCUT2D eigenvalue weighted by Crippen LogP contribution is -2.34. The second kappa shape index (κ2) is 6.32. The van der Waals surface area contributed by atoms with Crippen molar-refractivity contribution in [3.05, 3.63) is 65.2 Å². The fourth-order valence-electron chi connectivity index (χ4n) is 2.93. The van der Waals surface area contributed by atoms with Gasteiger partial charge in [-0.2, -0.15) is 0 Å². The number of fused-ring (bicyclic) bond motifs is 1. The van der Waals surface area contributed by atoms with Crippen LogP contribution in [-0.4, -0.2) is 37.9 Å². The van der Waals surface area contributed by atoms with E-state index in [1.54, 1.807) is 0 Å².